The molecule has 5 N–H and O–H groups in total. The molecule has 114 valence electrons. The maximum atomic E-state index is 5.93. The monoisotopic (exact) mass is 321 g/mol. The Balaban J connectivity index is 1.85. The van der Waals surface area contributed by atoms with E-state index in [2.05, 4.69) is 39.2 Å². The summed E-state index contributed by atoms with van der Waals surface area (Å²) in [4.78, 5) is 12.8. The highest BCUT2D eigenvalue weighted by Gasteiger charge is 2.14. The van der Waals surface area contributed by atoms with Gasteiger partial charge in [0.25, 0.3) is 0 Å². The van der Waals surface area contributed by atoms with E-state index in [-0.39, 0.29) is 5.95 Å². The number of nitrogens with one attached hydrogen (secondary N) is 1. The summed E-state index contributed by atoms with van der Waals surface area (Å²) in [5, 5.41) is 1.23. The number of anilines is 1. The van der Waals surface area contributed by atoms with E-state index in [4.69, 9.17) is 11.5 Å². The van der Waals surface area contributed by atoms with Gasteiger partial charge in [-0.05, 0) is 35.2 Å². The molecule has 0 aliphatic carbocycles. The number of aromatic amines is 1. The first-order valence-electron chi connectivity index (χ1n) is 7.24. The van der Waals surface area contributed by atoms with Crippen LogP contribution in [-0.2, 0) is 6.54 Å². The molecule has 0 aliphatic heterocycles. The molecule has 0 saturated carbocycles. The summed E-state index contributed by atoms with van der Waals surface area (Å²) in [5.41, 5.74) is 15.4. The minimum absolute atomic E-state index is 0.259. The van der Waals surface area contributed by atoms with Crippen LogP contribution in [0, 0.1) is 0 Å². The Kier molecular flexibility index (Phi) is 3.33. The Morgan fingerprint density at radius 2 is 2.00 bits per heavy atom. The lowest BCUT2D eigenvalue weighted by Crippen LogP contribution is -1.95. The molecule has 0 bridgehead atoms. The fraction of sp³-hybridized carbons (Fsp3) is 0.0588. The van der Waals surface area contributed by atoms with E-state index in [1.807, 2.05) is 18.2 Å². The minimum atomic E-state index is 0.259. The molecule has 0 radical (unpaired) electrons. The Hall–Kier alpha value is -2.70. The topological polar surface area (TPSA) is 93.6 Å². The lowest BCUT2D eigenvalue weighted by Gasteiger charge is -1.98. The molecule has 3 aromatic heterocycles. The summed E-state index contributed by atoms with van der Waals surface area (Å²) in [7, 11) is 0. The van der Waals surface area contributed by atoms with Crippen molar-refractivity contribution in [3.05, 3.63) is 54.2 Å². The molecule has 4 rings (SSSR count). The third-order valence-electron chi connectivity index (χ3n) is 3.74. The molecule has 0 amide bonds. The summed E-state index contributed by atoms with van der Waals surface area (Å²) in [6, 6.07) is 14.4. The van der Waals surface area contributed by atoms with Gasteiger partial charge >= 0.3 is 0 Å². The Morgan fingerprint density at radius 3 is 2.78 bits per heavy atom. The SMILES string of the molecule is NCc1cc(-c2ccnc(N)n2)[nH]c1-c1cc2ccccc2s1. The van der Waals surface area contributed by atoms with Crippen molar-refractivity contribution in [2.75, 3.05) is 5.73 Å². The zero-order valence-electron chi connectivity index (χ0n) is 12.3. The molecular weight excluding hydrogens is 306 g/mol. The van der Waals surface area contributed by atoms with Crippen LogP contribution in [0.3, 0.4) is 0 Å². The summed E-state index contributed by atoms with van der Waals surface area (Å²) < 4.78 is 1.26. The highest BCUT2D eigenvalue weighted by atomic mass is 32.1. The van der Waals surface area contributed by atoms with Gasteiger partial charge in [0.15, 0.2) is 0 Å². The number of hydrogen-bond donors (Lipinski definition) is 3. The molecule has 0 fully saturated rings. The Bertz CT molecular complexity index is 952. The number of H-pyrrole nitrogens is 1. The third kappa shape index (κ3) is 2.48. The normalized spacial score (nSPS) is 11.2. The van der Waals surface area contributed by atoms with Crippen molar-refractivity contribution in [3.63, 3.8) is 0 Å². The van der Waals surface area contributed by atoms with Gasteiger partial charge < -0.3 is 16.5 Å². The second kappa shape index (κ2) is 5.49. The van der Waals surface area contributed by atoms with Crippen LogP contribution in [0.15, 0.2) is 48.7 Å². The fourth-order valence-electron chi connectivity index (χ4n) is 2.65. The van der Waals surface area contributed by atoms with Crippen LogP contribution in [0.5, 0.6) is 0 Å². The Labute approximate surface area is 137 Å². The summed E-state index contributed by atoms with van der Waals surface area (Å²) >= 11 is 1.75. The van der Waals surface area contributed by atoms with E-state index in [9.17, 15) is 0 Å². The molecule has 23 heavy (non-hydrogen) atoms. The van der Waals surface area contributed by atoms with E-state index < -0.39 is 0 Å². The first kappa shape index (κ1) is 13.9. The van der Waals surface area contributed by atoms with Gasteiger partial charge in [0, 0.05) is 17.4 Å². The average molecular weight is 321 g/mol. The van der Waals surface area contributed by atoms with Crippen LogP contribution < -0.4 is 11.5 Å². The molecule has 5 nitrogen and oxygen atoms in total. The van der Waals surface area contributed by atoms with Gasteiger partial charge in [-0.3, -0.25) is 0 Å². The number of benzene rings is 1. The van der Waals surface area contributed by atoms with E-state index in [0.717, 1.165) is 22.6 Å². The number of aromatic nitrogens is 3. The minimum Gasteiger partial charge on any atom is -0.368 e. The molecule has 4 aromatic rings. The number of nitrogens with zero attached hydrogens (tertiary/aromatic N) is 2. The van der Waals surface area contributed by atoms with E-state index in [1.165, 1.54) is 15.0 Å². The van der Waals surface area contributed by atoms with Crippen LogP contribution in [0.25, 0.3) is 32.0 Å². The zero-order valence-corrected chi connectivity index (χ0v) is 13.1. The van der Waals surface area contributed by atoms with Crippen molar-refractivity contribution < 1.29 is 0 Å². The molecular formula is C17H15N5S. The van der Waals surface area contributed by atoms with Crippen LogP contribution in [0.2, 0.25) is 0 Å². The van der Waals surface area contributed by atoms with Crippen LogP contribution >= 0.6 is 11.3 Å². The fourth-order valence-corrected chi connectivity index (χ4v) is 3.74. The van der Waals surface area contributed by atoms with Crippen molar-refractivity contribution >= 4 is 27.4 Å². The van der Waals surface area contributed by atoms with Crippen molar-refractivity contribution in [2.24, 2.45) is 5.73 Å². The second-order valence-electron chi connectivity index (χ2n) is 5.24. The lowest BCUT2D eigenvalue weighted by molar-refractivity contribution is 1.08. The van der Waals surface area contributed by atoms with E-state index >= 15 is 0 Å². The molecule has 1 aromatic carbocycles. The zero-order chi connectivity index (χ0) is 15.8. The van der Waals surface area contributed by atoms with Crippen molar-refractivity contribution in [3.8, 4) is 22.0 Å². The first-order valence-corrected chi connectivity index (χ1v) is 8.06. The van der Waals surface area contributed by atoms with Gasteiger partial charge in [0.05, 0.1) is 22.0 Å². The summed E-state index contributed by atoms with van der Waals surface area (Å²) in [6.07, 6.45) is 1.65. The van der Waals surface area contributed by atoms with Crippen molar-refractivity contribution in [1.29, 1.82) is 0 Å². The molecule has 6 heteroatoms. The average Bonchev–Trinajstić information content (AvgIpc) is 3.18. The maximum absolute atomic E-state index is 5.93. The Morgan fingerprint density at radius 1 is 1.13 bits per heavy atom. The van der Waals surface area contributed by atoms with Gasteiger partial charge in [-0.2, -0.15) is 0 Å². The van der Waals surface area contributed by atoms with E-state index in [0.29, 0.717) is 6.54 Å². The number of nitrogen functional groups attached to an aromatic ring is 1. The number of thiophene rings is 1. The third-order valence-corrected chi connectivity index (χ3v) is 4.87. The summed E-state index contributed by atoms with van der Waals surface area (Å²) in [5.74, 6) is 0.259. The molecule has 0 saturated heterocycles. The number of hydrogen-bond acceptors (Lipinski definition) is 5. The highest BCUT2D eigenvalue weighted by Crippen LogP contribution is 2.36. The molecule has 0 unspecified atom stereocenters. The van der Waals surface area contributed by atoms with Crippen molar-refractivity contribution in [2.45, 2.75) is 6.54 Å². The number of fused-ring (bicyclic) bond motifs is 1. The second-order valence-corrected chi connectivity index (χ2v) is 6.32. The predicted molar refractivity (Wildman–Crippen MR) is 94.9 cm³/mol. The van der Waals surface area contributed by atoms with Crippen LogP contribution in [0.1, 0.15) is 5.56 Å². The van der Waals surface area contributed by atoms with Gasteiger partial charge in [0.2, 0.25) is 5.95 Å². The van der Waals surface area contributed by atoms with Crippen LogP contribution in [-0.4, -0.2) is 15.0 Å². The number of nitrogens with two attached hydrogens (primary N) is 2. The quantitative estimate of drug-likeness (QED) is 0.539. The summed E-state index contributed by atoms with van der Waals surface area (Å²) in [6.45, 7) is 0.459. The van der Waals surface area contributed by atoms with Crippen molar-refractivity contribution in [1.82, 2.24) is 15.0 Å². The lowest BCUT2D eigenvalue weighted by atomic mass is 10.2. The smallest absolute Gasteiger partial charge is 0.220 e. The standard InChI is InChI=1S/C17H15N5S/c18-9-11-7-13(12-5-6-20-17(19)22-12)21-16(11)15-8-10-3-1-2-4-14(10)23-15/h1-8,21H,9,18H2,(H2,19,20,22). The van der Waals surface area contributed by atoms with Gasteiger partial charge in [-0.25, -0.2) is 9.97 Å². The molecule has 3 heterocycles. The first-order chi connectivity index (χ1) is 11.2. The predicted octanol–water partition coefficient (Wildman–Crippen LogP) is 3.39. The molecule has 0 spiro atoms. The highest BCUT2D eigenvalue weighted by molar-refractivity contribution is 7.22. The largest absolute Gasteiger partial charge is 0.368 e. The van der Waals surface area contributed by atoms with Gasteiger partial charge in [0.1, 0.15) is 0 Å². The molecule has 0 atom stereocenters. The van der Waals surface area contributed by atoms with Gasteiger partial charge in [-0.15, -0.1) is 11.3 Å². The number of rotatable bonds is 3. The van der Waals surface area contributed by atoms with Crippen LogP contribution in [0.4, 0.5) is 5.95 Å². The van der Waals surface area contributed by atoms with Gasteiger partial charge in [-0.1, -0.05) is 18.2 Å². The molecule has 0 aliphatic rings. The van der Waals surface area contributed by atoms with E-state index in [1.54, 1.807) is 17.5 Å². The maximum Gasteiger partial charge on any atom is 0.220 e.